The fraction of sp³-hybridized carbons (Fsp3) is 0.259. The van der Waals surface area contributed by atoms with E-state index in [1.807, 2.05) is 60.0 Å². The SMILES string of the molecule is CC(C)(C)c1ccc(C(=O)Nc2[nH]nc3c2CN(C(=O)Cc2csc(-c4ccccc4)n2)C3)cc1. The van der Waals surface area contributed by atoms with E-state index in [2.05, 4.69) is 41.3 Å². The molecule has 1 aliphatic rings. The van der Waals surface area contributed by atoms with Crippen LogP contribution in [0.2, 0.25) is 0 Å². The number of hydrogen-bond donors (Lipinski definition) is 2. The maximum atomic E-state index is 13.0. The number of anilines is 1. The van der Waals surface area contributed by atoms with Crippen LogP contribution in [0.3, 0.4) is 0 Å². The fourth-order valence-corrected chi connectivity index (χ4v) is 4.91. The molecule has 7 nitrogen and oxygen atoms in total. The van der Waals surface area contributed by atoms with Gasteiger partial charge in [-0.15, -0.1) is 11.3 Å². The first-order chi connectivity index (χ1) is 16.8. The van der Waals surface area contributed by atoms with Gasteiger partial charge < -0.3 is 10.2 Å². The first kappa shape index (κ1) is 23.0. The molecule has 0 saturated carbocycles. The van der Waals surface area contributed by atoms with Crippen molar-refractivity contribution in [2.75, 3.05) is 5.32 Å². The molecule has 0 aliphatic carbocycles. The lowest BCUT2D eigenvalue weighted by Gasteiger charge is -2.19. The number of amides is 2. The van der Waals surface area contributed by atoms with Gasteiger partial charge in [0.1, 0.15) is 10.8 Å². The highest BCUT2D eigenvalue weighted by molar-refractivity contribution is 7.13. The van der Waals surface area contributed by atoms with Crippen LogP contribution >= 0.6 is 11.3 Å². The molecule has 35 heavy (non-hydrogen) atoms. The van der Waals surface area contributed by atoms with Gasteiger partial charge in [0, 0.05) is 22.1 Å². The number of H-pyrrole nitrogens is 1. The Hall–Kier alpha value is -3.78. The van der Waals surface area contributed by atoms with Gasteiger partial charge >= 0.3 is 0 Å². The van der Waals surface area contributed by atoms with Gasteiger partial charge in [-0.25, -0.2) is 4.98 Å². The topological polar surface area (TPSA) is 91.0 Å². The Morgan fingerprint density at radius 3 is 2.51 bits per heavy atom. The molecule has 5 rings (SSSR count). The van der Waals surface area contributed by atoms with Gasteiger partial charge in [0.05, 0.1) is 30.9 Å². The van der Waals surface area contributed by atoms with Crippen molar-refractivity contribution in [3.63, 3.8) is 0 Å². The van der Waals surface area contributed by atoms with Crippen molar-refractivity contribution in [2.24, 2.45) is 0 Å². The molecule has 8 heteroatoms. The summed E-state index contributed by atoms with van der Waals surface area (Å²) >= 11 is 1.54. The van der Waals surface area contributed by atoms with E-state index in [-0.39, 0.29) is 23.7 Å². The Balaban J connectivity index is 1.22. The smallest absolute Gasteiger partial charge is 0.256 e. The third-order valence-electron chi connectivity index (χ3n) is 6.15. The molecule has 0 bridgehead atoms. The Bertz CT molecular complexity index is 1370. The number of carbonyl (C=O) groups excluding carboxylic acids is 2. The van der Waals surface area contributed by atoms with Crippen LogP contribution in [-0.4, -0.2) is 31.9 Å². The number of aromatic nitrogens is 3. The summed E-state index contributed by atoms with van der Waals surface area (Å²) in [5.41, 5.74) is 5.20. The van der Waals surface area contributed by atoms with E-state index in [9.17, 15) is 9.59 Å². The van der Waals surface area contributed by atoms with Crippen LogP contribution in [0, 0.1) is 0 Å². The number of nitrogens with one attached hydrogen (secondary N) is 2. The maximum Gasteiger partial charge on any atom is 0.256 e. The zero-order valence-electron chi connectivity index (χ0n) is 20.0. The predicted molar refractivity (Wildman–Crippen MR) is 137 cm³/mol. The second-order valence-corrected chi connectivity index (χ2v) is 10.6. The van der Waals surface area contributed by atoms with E-state index in [4.69, 9.17) is 0 Å². The summed E-state index contributed by atoms with van der Waals surface area (Å²) in [7, 11) is 0. The summed E-state index contributed by atoms with van der Waals surface area (Å²) in [6.07, 6.45) is 0.235. The molecule has 0 saturated heterocycles. The molecule has 4 aromatic rings. The molecule has 2 amide bonds. The summed E-state index contributed by atoms with van der Waals surface area (Å²) in [6.45, 7) is 7.23. The standard InChI is InChI=1S/C27H27N5O2S/c1-27(2,3)19-11-9-17(10-12-19)25(34)29-24-21-14-32(15-22(21)30-31-24)23(33)13-20-16-35-26(28-20)18-7-5-4-6-8-18/h4-12,16H,13-15H2,1-3H3,(H2,29,30,31,34). The first-order valence-corrected chi connectivity index (χ1v) is 12.4. The van der Waals surface area contributed by atoms with Crippen molar-refractivity contribution in [3.05, 3.63) is 88.1 Å². The summed E-state index contributed by atoms with van der Waals surface area (Å²) in [4.78, 5) is 32.1. The second kappa shape index (κ2) is 9.11. The van der Waals surface area contributed by atoms with E-state index < -0.39 is 0 Å². The number of nitrogens with zero attached hydrogens (tertiary/aromatic N) is 3. The molecule has 0 spiro atoms. The lowest BCUT2D eigenvalue weighted by Crippen LogP contribution is -2.27. The number of aromatic amines is 1. The van der Waals surface area contributed by atoms with Gasteiger partial charge in [-0.3, -0.25) is 14.7 Å². The Kier molecular flexibility index (Phi) is 5.98. The molecule has 178 valence electrons. The minimum atomic E-state index is -0.211. The average molecular weight is 486 g/mol. The molecular formula is C27H27N5O2S. The zero-order valence-corrected chi connectivity index (χ0v) is 20.8. The number of carbonyl (C=O) groups is 2. The number of fused-ring (bicyclic) bond motifs is 1. The summed E-state index contributed by atoms with van der Waals surface area (Å²) < 4.78 is 0. The van der Waals surface area contributed by atoms with E-state index in [1.54, 1.807) is 4.90 Å². The van der Waals surface area contributed by atoms with Gasteiger partial charge in [0.15, 0.2) is 0 Å². The highest BCUT2D eigenvalue weighted by atomic mass is 32.1. The minimum absolute atomic E-state index is 0.0112. The normalized spacial score (nSPS) is 13.1. The molecule has 3 heterocycles. The molecule has 0 unspecified atom stereocenters. The van der Waals surface area contributed by atoms with Crippen molar-refractivity contribution in [3.8, 4) is 10.6 Å². The number of thiazole rings is 1. The molecule has 1 aliphatic heterocycles. The molecule has 0 atom stereocenters. The second-order valence-electron chi connectivity index (χ2n) is 9.74. The summed E-state index contributed by atoms with van der Waals surface area (Å²) in [6, 6.07) is 17.6. The lowest BCUT2D eigenvalue weighted by molar-refractivity contribution is -0.131. The third-order valence-corrected chi connectivity index (χ3v) is 7.09. The van der Waals surface area contributed by atoms with Gasteiger partial charge in [-0.2, -0.15) is 5.10 Å². The van der Waals surface area contributed by atoms with Gasteiger partial charge in [0.2, 0.25) is 5.91 Å². The van der Waals surface area contributed by atoms with Crippen LogP contribution in [-0.2, 0) is 29.7 Å². The quantitative estimate of drug-likeness (QED) is 0.408. The summed E-state index contributed by atoms with van der Waals surface area (Å²) in [5.74, 6) is 0.320. The van der Waals surface area contributed by atoms with E-state index in [1.165, 1.54) is 16.9 Å². The predicted octanol–water partition coefficient (Wildman–Crippen LogP) is 5.17. The van der Waals surface area contributed by atoms with Crippen LogP contribution in [0.5, 0.6) is 0 Å². The highest BCUT2D eigenvalue weighted by Gasteiger charge is 2.29. The number of rotatable bonds is 5. The van der Waals surface area contributed by atoms with Gasteiger partial charge in [0.25, 0.3) is 5.91 Å². The third kappa shape index (κ3) is 4.88. The average Bonchev–Trinajstić information content (AvgIpc) is 3.57. The first-order valence-electron chi connectivity index (χ1n) is 11.5. The largest absolute Gasteiger partial charge is 0.332 e. The molecular weight excluding hydrogens is 458 g/mol. The van der Waals surface area contributed by atoms with Crippen molar-refractivity contribution < 1.29 is 9.59 Å². The maximum absolute atomic E-state index is 13.0. The Morgan fingerprint density at radius 1 is 1.06 bits per heavy atom. The van der Waals surface area contributed by atoms with Crippen LogP contribution < -0.4 is 5.32 Å². The zero-order chi connectivity index (χ0) is 24.6. The molecule has 2 aromatic carbocycles. The van der Waals surface area contributed by atoms with Crippen molar-refractivity contribution in [1.82, 2.24) is 20.1 Å². The van der Waals surface area contributed by atoms with E-state index in [0.717, 1.165) is 27.5 Å². The van der Waals surface area contributed by atoms with Gasteiger partial charge in [-0.1, -0.05) is 63.2 Å². The van der Waals surface area contributed by atoms with Crippen LogP contribution in [0.1, 0.15) is 53.6 Å². The fourth-order valence-electron chi connectivity index (χ4n) is 4.09. The Morgan fingerprint density at radius 2 is 1.80 bits per heavy atom. The lowest BCUT2D eigenvalue weighted by atomic mass is 9.87. The molecule has 0 radical (unpaired) electrons. The van der Waals surface area contributed by atoms with Crippen molar-refractivity contribution in [1.29, 1.82) is 0 Å². The van der Waals surface area contributed by atoms with Crippen LogP contribution in [0.25, 0.3) is 10.6 Å². The van der Waals surface area contributed by atoms with Crippen LogP contribution in [0.4, 0.5) is 5.82 Å². The van der Waals surface area contributed by atoms with Crippen molar-refractivity contribution >= 4 is 29.0 Å². The van der Waals surface area contributed by atoms with Gasteiger partial charge in [-0.05, 0) is 23.1 Å². The number of hydrogen-bond acceptors (Lipinski definition) is 5. The minimum Gasteiger partial charge on any atom is -0.332 e. The summed E-state index contributed by atoms with van der Waals surface area (Å²) in [5, 5.41) is 13.0. The molecule has 2 aromatic heterocycles. The molecule has 2 N–H and O–H groups in total. The van der Waals surface area contributed by atoms with Crippen molar-refractivity contribution in [2.45, 2.75) is 45.7 Å². The molecule has 0 fully saturated rings. The monoisotopic (exact) mass is 485 g/mol. The van der Waals surface area contributed by atoms with Crippen LogP contribution in [0.15, 0.2) is 60.0 Å². The van der Waals surface area contributed by atoms with E-state index in [0.29, 0.717) is 24.5 Å². The highest BCUT2D eigenvalue weighted by Crippen LogP contribution is 2.29. The Labute approximate surface area is 208 Å². The van der Waals surface area contributed by atoms with E-state index >= 15 is 0 Å². The number of benzene rings is 2.